The van der Waals surface area contributed by atoms with E-state index in [0.29, 0.717) is 19.6 Å². The van der Waals surface area contributed by atoms with Crippen LogP contribution in [-0.4, -0.2) is 54.6 Å². The van der Waals surface area contributed by atoms with Gasteiger partial charge >= 0.3 is 6.03 Å². The molecule has 1 fully saturated rings. The van der Waals surface area contributed by atoms with Crippen molar-refractivity contribution in [1.82, 2.24) is 10.2 Å². The van der Waals surface area contributed by atoms with E-state index in [9.17, 15) is 9.90 Å². The van der Waals surface area contributed by atoms with Crippen LogP contribution in [0.4, 0.5) is 10.5 Å². The number of urea groups is 1. The molecule has 2 N–H and O–H groups in total. The van der Waals surface area contributed by atoms with E-state index in [0.717, 1.165) is 34.7 Å². The lowest BCUT2D eigenvalue weighted by Gasteiger charge is -2.59. The summed E-state index contributed by atoms with van der Waals surface area (Å²) >= 11 is 0. The summed E-state index contributed by atoms with van der Waals surface area (Å²) in [5.41, 5.74) is 3.20. The van der Waals surface area contributed by atoms with Crippen LogP contribution in [0.15, 0.2) is 42.5 Å². The molecule has 3 aliphatic rings. The molecule has 2 aromatic carbocycles. The molecule has 3 atom stereocenters. The minimum Gasteiger partial charge on any atom is -0.454 e. The molecular weight excluding hydrogens is 382 g/mol. The van der Waals surface area contributed by atoms with Gasteiger partial charge in [-0.2, -0.15) is 0 Å². The van der Waals surface area contributed by atoms with Gasteiger partial charge in [0.1, 0.15) is 0 Å². The Morgan fingerprint density at radius 3 is 2.87 bits per heavy atom. The van der Waals surface area contributed by atoms with Gasteiger partial charge in [0.25, 0.3) is 0 Å². The Morgan fingerprint density at radius 2 is 2.03 bits per heavy atom. The van der Waals surface area contributed by atoms with Crippen LogP contribution in [-0.2, 0) is 6.54 Å². The van der Waals surface area contributed by atoms with Crippen molar-refractivity contribution in [3.63, 3.8) is 0 Å². The Kier molecular flexibility index (Phi) is 5.00. The quantitative estimate of drug-likeness (QED) is 0.794. The number of aliphatic hydroxyl groups excluding tert-OH is 1. The number of nitrogens with one attached hydrogen (secondary N) is 1. The van der Waals surface area contributed by atoms with E-state index in [1.54, 1.807) is 0 Å². The van der Waals surface area contributed by atoms with Crippen LogP contribution in [0, 0.1) is 0 Å². The zero-order valence-electron chi connectivity index (χ0n) is 17.1. The van der Waals surface area contributed by atoms with Gasteiger partial charge < -0.3 is 19.9 Å². The van der Waals surface area contributed by atoms with Crippen molar-refractivity contribution in [2.75, 3.05) is 31.4 Å². The Labute approximate surface area is 176 Å². The summed E-state index contributed by atoms with van der Waals surface area (Å²) in [7, 11) is 0. The molecule has 0 aromatic heterocycles. The number of likely N-dealkylation sites (tertiary alicyclic amines) is 1. The lowest BCUT2D eigenvalue weighted by Crippen LogP contribution is -2.69. The number of rotatable bonds is 5. The van der Waals surface area contributed by atoms with Crippen LogP contribution in [0.25, 0.3) is 0 Å². The van der Waals surface area contributed by atoms with Crippen LogP contribution in [0.1, 0.15) is 30.4 Å². The monoisotopic (exact) mass is 409 g/mol. The van der Waals surface area contributed by atoms with E-state index in [2.05, 4.69) is 16.3 Å². The lowest BCUT2D eigenvalue weighted by molar-refractivity contribution is -0.0485. The Morgan fingerprint density at radius 1 is 1.20 bits per heavy atom. The van der Waals surface area contributed by atoms with Crippen LogP contribution in [0.5, 0.6) is 11.5 Å². The average molecular weight is 409 g/mol. The first-order valence-electron chi connectivity index (χ1n) is 10.6. The SMILES string of the molecule is CCCNC(=O)N1C[C@H]2[C@@H](c3ccccc31)[C@H](CO)N2Cc1ccc2c(c1)OCO2. The smallest absolute Gasteiger partial charge is 0.321 e. The molecule has 0 radical (unpaired) electrons. The van der Waals surface area contributed by atoms with Crippen LogP contribution >= 0.6 is 0 Å². The molecule has 30 heavy (non-hydrogen) atoms. The molecule has 0 saturated carbocycles. The number of hydrogen-bond acceptors (Lipinski definition) is 5. The van der Waals surface area contributed by atoms with E-state index in [1.165, 1.54) is 0 Å². The number of ether oxygens (including phenoxy) is 2. The van der Waals surface area contributed by atoms with Crippen molar-refractivity contribution in [3.05, 3.63) is 53.6 Å². The molecule has 2 amide bonds. The van der Waals surface area contributed by atoms with Gasteiger partial charge in [-0.15, -0.1) is 0 Å². The number of carbonyl (C=O) groups excluding carboxylic acids is 1. The van der Waals surface area contributed by atoms with Gasteiger partial charge in [-0.05, 0) is 35.7 Å². The highest BCUT2D eigenvalue weighted by atomic mass is 16.7. The number of anilines is 1. The van der Waals surface area contributed by atoms with E-state index in [4.69, 9.17) is 9.47 Å². The largest absolute Gasteiger partial charge is 0.454 e. The number of para-hydroxylation sites is 1. The number of benzene rings is 2. The minimum absolute atomic E-state index is 0.0300. The second-order valence-corrected chi connectivity index (χ2v) is 8.10. The van der Waals surface area contributed by atoms with E-state index in [1.807, 2.05) is 48.2 Å². The fraction of sp³-hybridized carbons (Fsp3) is 0.435. The summed E-state index contributed by atoms with van der Waals surface area (Å²) in [5.74, 6) is 1.75. The van der Waals surface area contributed by atoms with Crippen molar-refractivity contribution in [1.29, 1.82) is 0 Å². The van der Waals surface area contributed by atoms with E-state index >= 15 is 0 Å². The summed E-state index contributed by atoms with van der Waals surface area (Å²) in [6.45, 7) is 4.35. The van der Waals surface area contributed by atoms with Gasteiger partial charge in [0.15, 0.2) is 11.5 Å². The molecule has 3 aliphatic heterocycles. The Balaban J connectivity index is 1.42. The number of aliphatic hydroxyl groups is 1. The number of nitrogens with zero attached hydrogens (tertiary/aromatic N) is 2. The summed E-state index contributed by atoms with van der Waals surface area (Å²) in [6.07, 6.45) is 0.899. The molecule has 1 saturated heterocycles. The number of hydrogen-bond donors (Lipinski definition) is 2. The summed E-state index contributed by atoms with van der Waals surface area (Å²) in [5, 5.41) is 13.2. The van der Waals surface area contributed by atoms with Crippen molar-refractivity contribution < 1.29 is 19.4 Å². The molecule has 7 nitrogen and oxygen atoms in total. The van der Waals surface area contributed by atoms with Gasteiger partial charge in [-0.25, -0.2) is 4.79 Å². The highest BCUT2D eigenvalue weighted by Crippen LogP contribution is 2.49. The molecule has 158 valence electrons. The highest BCUT2D eigenvalue weighted by molar-refractivity contribution is 5.94. The van der Waals surface area contributed by atoms with E-state index in [-0.39, 0.29) is 37.4 Å². The van der Waals surface area contributed by atoms with Crippen LogP contribution < -0.4 is 19.7 Å². The summed E-state index contributed by atoms with van der Waals surface area (Å²) < 4.78 is 10.9. The normalized spacial score (nSPS) is 24.1. The summed E-state index contributed by atoms with van der Waals surface area (Å²) in [4.78, 5) is 17.0. The molecular formula is C23H27N3O4. The highest BCUT2D eigenvalue weighted by Gasteiger charge is 2.53. The van der Waals surface area contributed by atoms with Crippen molar-refractivity contribution in [2.45, 2.75) is 37.9 Å². The van der Waals surface area contributed by atoms with Gasteiger partial charge in [0, 0.05) is 43.3 Å². The molecule has 3 heterocycles. The van der Waals surface area contributed by atoms with E-state index < -0.39 is 0 Å². The second-order valence-electron chi connectivity index (χ2n) is 8.10. The van der Waals surface area contributed by atoms with Crippen molar-refractivity contribution in [3.8, 4) is 11.5 Å². The van der Waals surface area contributed by atoms with Gasteiger partial charge in [0.05, 0.1) is 6.61 Å². The number of carbonyl (C=O) groups is 1. The fourth-order valence-corrected chi connectivity index (χ4v) is 4.97. The standard InChI is InChI=1S/C23H27N3O4/c1-2-9-24-23(28)26-12-18-22(16-5-3-4-6-17(16)26)19(13-27)25(18)11-15-7-8-20-21(10-15)30-14-29-20/h3-8,10,18-19,22,27H,2,9,11-14H2,1H3,(H,24,28)/t18-,19-,22+/m0/s1. The predicted molar refractivity (Wildman–Crippen MR) is 113 cm³/mol. The van der Waals surface area contributed by atoms with Crippen LogP contribution in [0.2, 0.25) is 0 Å². The third-order valence-corrected chi connectivity index (χ3v) is 6.40. The zero-order chi connectivity index (χ0) is 20.7. The minimum atomic E-state index is -0.0572. The lowest BCUT2D eigenvalue weighted by atomic mass is 9.72. The molecule has 7 heteroatoms. The molecule has 0 spiro atoms. The maximum absolute atomic E-state index is 12.9. The Bertz CT molecular complexity index is 950. The Hall–Kier alpha value is -2.77. The first-order valence-corrected chi connectivity index (χ1v) is 10.6. The molecule has 2 aromatic rings. The van der Waals surface area contributed by atoms with Crippen molar-refractivity contribution in [2.24, 2.45) is 0 Å². The van der Waals surface area contributed by atoms with Gasteiger partial charge in [0.2, 0.25) is 6.79 Å². The molecule has 0 aliphatic carbocycles. The maximum Gasteiger partial charge on any atom is 0.321 e. The molecule has 0 bridgehead atoms. The fourth-order valence-electron chi connectivity index (χ4n) is 4.97. The maximum atomic E-state index is 12.9. The topological polar surface area (TPSA) is 74.3 Å². The number of fused-ring (bicyclic) bond motifs is 4. The third-order valence-electron chi connectivity index (χ3n) is 6.40. The van der Waals surface area contributed by atoms with Crippen LogP contribution in [0.3, 0.4) is 0 Å². The third kappa shape index (κ3) is 3.09. The van der Waals surface area contributed by atoms with Gasteiger partial charge in [-0.1, -0.05) is 31.2 Å². The predicted octanol–water partition coefficient (Wildman–Crippen LogP) is 2.68. The van der Waals surface area contributed by atoms with Gasteiger partial charge in [-0.3, -0.25) is 9.80 Å². The molecule has 5 rings (SSSR count). The summed E-state index contributed by atoms with van der Waals surface area (Å²) in [6, 6.07) is 14.2. The zero-order valence-corrected chi connectivity index (χ0v) is 17.1. The second kappa shape index (κ2) is 7.81. The molecule has 0 unspecified atom stereocenters. The van der Waals surface area contributed by atoms with Crippen molar-refractivity contribution >= 4 is 11.7 Å². The average Bonchev–Trinajstić information content (AvgIpc) is 3.23. The number of amides is 2. The first-order chi connectivity index (χ1) is 14.7. The first kappa shape index (κ1) is 19.2.